The molecule has 0 aromatic heterocycles. The first-order valence-electron chi connectivity index (χ1n) is 4.67. The summed E-state index contributed by atoms with van der Waals surface area (Å²) in [6.45, 7) is 9.92. The smallest absolute Gasteiger partial charge is 0.216 e. The zero-order valence-electron chi connectivity index (χ0n) is 8.39. The van der Waals surface area contributed by atoms with Gasteiger partial charge in [-0.2, -0.15) is 0 Å². The molecule has 0 aliphatic rings. The summed E-state index contributed by atoms with van der Waals surface area (Å²) >= 11 is 0. The van der Waals surface area contributed by atoms with Crippen LogP contribution in [0.3, 0.4) is 0 Å². The Labute approximate surface area is 75.1 Å². The zero-order chi connectivity index (χ0) is 9.40. The molecule has 1 N–H and O–H groups in total. The van der Waals surface area contributed by atoms with Crippen LogP contribution in [0.25, 0.3) is 0 Å². The largest absolute Gasteiger partial charge is 0.356 e. The SMILES string of the molecule is CCN(CC)CCCNC(C)=O. The molecule has 0 aromatic carbocycles. The van der Waals surface area contributed by atoms with Gasteiger partial charge in [-0.25, -0.2) is 0 Å². The minimum Gasteiger partial charge on any atom is -0.356 e. The maximum absolute atomic E-state index is 10.5. The number of hydrogen-bond acceptors (Lipinski definition) is 2. The maximum Gasteiger partial charge on any atom is 0.216 e. The Hall–Kier alpha value is -0.570. The van der Waals surface area contributed by atoms with Gasteiger partial charge in [0.25, 0.3) is 0 Å². The van der Waals surface area contributed by atoms with E-state index in [9.17, 15) is 4.79 Å². The zero-order valence-corrected chi connectivity index (χ0v) is 8.39. The van der Waals surface area contributed by atoms with Crippen molar-refractivity contribution in [2.24, 2.45) is 0 Å². The highest BCUT2D eigenvalue weighted by atomic mass is 16.1. The highest BCUT2D eigenvalue weighted by molar-refractivity contribution is 5.72. The van der Waals surface area contributed by atoms with E-state index in [0.717, 1.165) is 32.6 Å². The second-order valence-electron chi connectivity index (χ2n) is 2.86. The molecule has 0 bridgehead atoms. The fourth-order valence-corrected chi connectivity index (χ4v) is 1.11. The Balaban J connectivity index is 3.23. The molecule has 0 unspecified atom stereocenters. The maximum atomic E-state index is 10.5. The van der Waals surface area contributed by atoms with Gasteiger partial charge in [-0.3, -0.25) is 4.79 Å². The van der Waals surface area contributed by atoms with E-state index in [-0.39, 0.29) is 5.91 Å². The lowest BCUT2D eigenvalue weighted by molar-refractivity contribution is -0.118. The van der Waals surface area contributed by atoms with Gasteiger partial charge in [-0.15, -0.1) is 0 Å². The van der Waals surface area contributed by atoms with Gasteiger partial charge in [0.2, 0.25) is 5.91 Å². The average Bonchev–Trinajstić information content (AvgIpc) is 2.04. The summed E-state index contributed by atoms with van der Waals surface area (Å²) in [4.78, 5) is 12.9. The van der Waals surface area contributed by atoms with Crippen molar-refractivity contribution < 1.29 is 4.79 Å². The van der Waals surface area contributed by atoms with E-state index in [1.807, 2.05) is 0 Å². The van der Waals surface area contributed by atoms with E-state index >= 15 is 0 Å². The van der Waals surface area contributed by atoms with Crippen molar-refractivity contribution in [3.63, 3.8) is 0 Å². The quantitative estimate of drug-likeness (QED) is 0.603. The first kappa shape index (κ1) is 11.4. The normalized spacial score (nSPS) is 10.3. The number of amides is 1. The Morgan fingerprint density at radius 3 is 2.33 bits per heavy atom. The van der Waals surface area contributed by atoms with Crippen molar-refractivity contribution in [1.29, 1.82) is 0 Å². The molecule has 0 rings (SSSR count). The Morgan fingerprint density at radius 1 is 1.33 bits per heavy atom. The standard InChI is InChI=1S/C9H20N2O/c1-4-11(5-2)8-6-7-10-9(3)12/h4-8H2,1-3H3,(H,10,12). The molecule has 0 spiro atoms. The minimum absolute atomic E-state index is 0.0644. The van der Waals surface area contributed by atoms with Crippen molar-refractivity contribution >= 4 is 5.91 Å². The van der Waals surface area contributed by atoms with E-state index in [0.29, 0.717) is 0 Å². The van der Waals surface area contributed by atoms with Crippen molar-refractivity contribution in [3.05, 3.63) is 0 Å². The molecule has 12 heavy (non-hydrogen) atoms. The first-order chi connectivity index (χ1) is 5.70. The average molecular weight is 172 g/mol. The van der Waals surface area contributed by atoms with Crippen LogP contribution in [0.1, 0.15) is 27.2 Å². The number of carbonyl (C=O) groups excluding carboxylic acids is 1. The van der Waals surface area contributed by atoms with Gasteiger partial charge in [-0.05, 0) is 26.1 Å². The lowest BCUT2D eigenvalue weighted by atomic mass is 10.3. The predicted molar refractivity (Wildman–Crippen MR) is 51.1 cm³/mol. The fraction of sp³-hybridized carbons (Fsp3) is 0.889. The monoisotopic (exact) mass is 172 g/mol. The third-order valence-corrected chi connectivity index (χ3v) is 1.92. The summed E-state index contributed by atoms with van der Waals surface area (Å²) in [5, 5.41) is 2.78. The van der Waals surface area contributed by atoms with Crippen molar-refractivity contribution in [1.82, 2.24) is 10.2 Å². The van der Waals surface area contributed by atoms with Crippen LogP contribution in [0.5, 0.6) is 0 Å². The van der Waals surface area contributed by atoms with Crippen LogP contribution in [0.4, 0.5) is 0 Å². The third-order valence-electron chi connectivity index (χ3n) is 1.92. The molecule has 0 atom stereocenters. The second-order valence-corrected chi connectivity index (χ2v) is 2.86. The van der Waals surface area contributed by atoms with Gasteiger partial charge in [-0.1, -0.05) is 13.8 Å². The first-order valence-corrected chi connectivity index (χ1v) is 4.67. The summed E-state index contributed by atoms with van der Waals surface area (Å²) < 4.78 is 0. The minimum atomic E-state index is 0.0644. The molecule has 1 amide bonds. The van der Waals surface area contributed by atoms with Gasteiger partial charge in [0.05, 0.1) is 0 Å². The van der Waals surface area contributed by atoms with Gasteiger partial charge in [0, 0.05) is 13.5 Å². The molecular formula is C9H20N2O. The molecule has 0 fully saturated rings. The van der Waals surface area contributed by atoms with Gasteiger partial charge in [0.1, 0.15) is 0 Å². The van der Waals surface area contributed by atoms with Crippen LogP contribution in [0, 0.1) is 0 Å². The van der Waals surface area contributed by atoms with E-state index in [1.165, 1.54) is 0 Å². The highest BCUT2D eigenvalue weighted by Crippen LogP contribution is 1.88. The second kappa shape index (κ2) is 7.10. The fourth-order valence-electron chi connectivity index (χ4n) is 1.11. The molecule has 3 heteroatoms. The molecule has 0 saturated heterocycles. The van der Waals surface area contributed by atoms with E-state index in [2.05, 4.69) is 24.1 Å². The molecule has 3 nitrogen and oxygen atoms in total. The van der Waals surface area contributed by atoms with E-state index in [1.54, 1.807) is 6.92 Å². The molecule has 0 saturated carbocycles. The van der Waals surface area contributed by atoms with Crippen molar-refractivity contribution in [2.75, 3.05) is 26.2 Å². The number of hydrogen-bond donors (Lipinski definition) is 1. The van der Waals surface area contributed by atoms with Gasteiger partial charge in [0.15, 0.2) is 0 Å². The molecule has 0 radical (unpaired) electrons. The summed E-state index contributed by atoms with van der Waals surface area (Å²) in [5.74, 6) is 0.0644. The van der Waals surface area contributed by atoms with Crippen molar-refractivity contribution in [2.45, 2.75) is 27.2 Å². The van der Waals surface area contributed by atoms with Crippen LogP contribution in [-0.4, -0.2) is 37.0 Å². The molecular weight excluding hydrogens is 152 g/mol. The number of carbonyl (C=O) groups is 1. The Morgan fingerprint density at radius 2 is 1.92 bits per heavy atom. The Kier molecular flexibility index (Phi) is 6.76. The Bertz CT molecular complexity index is 122. The lowest BCUT2D eigenvalue weighted by Gasteiger charge is -2.17. The summed E-state index contributed by atoms with van der Waals surface area (Å²) in [7, 11) is 0. The topological polar surface area (TPSA) is 32.3 Å². The van der Waals surface area contributed by atoms with Crippen LogP contribution in [0.15, 0.2) is 0 Å². The van der Waals surface area contributed by atoms with Crippen LogP contribution < -0.4 is 5.32 Å². The van der Waals surface area contributed by atoms with E-state index < -0.39 is 0 Å². The summed E-state index contributed by atoms with van der Waals surface area (Å²) in [6, 6.07) is 0. The molecule has 0 heterocycles. The summed E-state index contributed by atoms with van der Waals surface area (Å²) in [5.41, 5.74) is 0. The molecule has 0 aliphatic carbocycles. The summed E-state index contributed by atoms with van der Waals surface area (Å²) in [6.07, 6.45) is 1.04. The lowest BCUT2D eigenvalue weighted by Crippen LogP contribution is -2.28. The molecule has 0 aliphatic heterocycles. The third kappa shape index (κ3) is 6.16. The molecule has 72 valence electrons. The number of nitrogens with zero attached hydrogens (tertiary/aromatic N) is 1. The van der Waals surface area contributed by atoms with Gasteiger partial charge >= 0.3 is 0 Å². The van der Waals surface area contributed by atoms with Crippen LogP contribution in [0.2, 0.25) is 0 Å². The van der Waals surface area contributed by atoms with Crippen LogP contribution in [-0.2, 0) is 4.79 Å². The predicted octanol–water partition coefficient (Wildman–Crippen LogP) is 0.854. The van der Waals surface area contributed by atoms with E-state index in [4.69, 9.17) is 0 Å². The number of rotatable bonds is 6. The van der Waals surface area contributed by atoms with Crippen molar-refractivity contribution in [3.8, 4) is 0 Å². The van der Waals surface area contributed by atoms with Crippen LogP contribution >= 0.6 is 0 Å². The molecule has 0 aromatic rings. The number of nitrogens with one attached hydrogen (secondary N) is 1. The van der Waals surface area contributed by atoms with Gasteiger partial charge < -0.3 is 10.2 Å². The highest BCUT2D eigenvalue weighted by Gasteiger charge is 1.97.